The summed E-state index contributed by atoms with van der Waals surface area (Å²) in [7, 11) is 0. The predicted molar refractivity (Wildman–Crippen MR) is 71.0 cm³/mol. The molecule has 1 aromatic carbocycles. The number of halogens is 2. The number of hydrogen-bond donors (Lipinski definition) is 2. The number of anilines is 2. The summed E-state index contributed by atoms with van der Waals surface area (Å²) in [4.78, 5) is 0. The van der Waals surface area contributed by atoms with Gasteiger partial charge in [-0.2, -0.15) is 0 Å². The maximum absolute atomic E-state index is 13.1. The predicted octanol–water partition coefficient (Wildman–Crippen LogP) is 3.10. The Hall–Kier alpha value is -1.66. The van der Waals surface area contributed by atoms with E-state index in [1.54, 1.807) is 6.07 Å². The number of aromatic nitrogens is 2. The fourth-order valence-electron chi connectivity index (χ4n) is 1.42. The van der Waals surface area contributed by atoms with E-state index in [2.05, 4.69) is 20.8 Å². The van der Waals surface area contributed by atoms with Crippen LogP contribution >= 0.6 is 11.6 Å². The molecule has 0 bridgehead atoms. The van der Waals surface area contributed by atoms with Crippen molar-refractivity contribution in [3.63, 3.8) is 0 Å². The third-order valence-corrected chi connectivity index (χ3v) is 2.46. The molecule has 0 amide bonds. The Morgan fingerprint density at radius 2 is 2.11 bits per heavy atom. The van der Waals surface area contributed by atoms with Crippen molar-refractivity contribution in [2.75, 3.05) is 5.32 Å². The van der Waals surface area contributed by atoms with Gasteiger partial charge in [-0.1, -0.05) is 30.5 Å². The molecule has 0 unspecified atom stereocenters. The average Bonchev–Trinajstić information content (AvgIpc) is 2.72. The van der Waals surface area contributed by atoms with Gasteiger partial charge in [0.05, 0.1) is 6.54 Å². The van der Waals surface area contributed by atoms with Gasteiger partial charge in [0.2, 0.25) is 5.89 Å². The first kappa shape index (κ1) is 13.8. The SMILES string of the molecule is CC(C)NCc1nnc(Nc2cc(F)cc(Cl)c2)o1. The van der Waals surface area contributed by atoms with E-state index >= 15 is 0 Å². The first-order valence-electron chi connectivity index (χ1n) is 5.82. The highest BCUT2D eigenvalue weighted by atomic mass is 35.5. The van der Waals surface area contributed by atoms with Crippen LogP contribution in [0.25, 0.3) is 0 Å². The van der Waals surface area contributed by atoms with Crippen molar-refractivity contribution in [2.45, 2.75) is 26.4 Å². The molecule has 2 aromatic rings. The van der Waals surface area contributed by atoms with Crippen LogP contribution in [-0.2, 0) is 6.54 Å². The molecule has 0 aliphatic rings. The molecule has 0 aliphatic carbocycles. The largest absolute Gasteiger partial charge is 0.406 e. The number of nitrogens with zero attached hydrogens (tertiary/aromatic N) is 2. The Morgan fingerprint density at radius 1 is 1.32 bits per heavy atom. The molecule has 19 heavy (non-hydrogen) atoms. The summed E-state index contributed by atoms with van der Waals surface area (Å²) in [6.45, 7) is 4.52. The minimum absolute atomic E-state index is 0.197. The van der Waals surface area contributed by atoms with Gasteiger partial charge in [-0.25, -0.2) is 4.39 Å². The lowest BCUT2D eigenvalue weighted by Crippen LogP contribution is -2.21. The molecule has 2 N–H and O–H groups in total. The zero-order valence-electron chi connectivity index (χ0n) is 10.6. The first-order chi connectivity index (χ1) is 9.02. The van der Waals surface area contributed by atoms with Gasteiger partial charge < -0.3 is 15.1 Å². The maximum Gasteiger partial charge on any atom is 0.320 e. The Kier molecular flexibility index (Phi) is 4.34. The third-order valence-electron chi connectivity index (χ3n) is 2.24. The molecular formula is C12H14ClFN4O. The smallest absolute Gasteiger partial charge is 0.320 e. The van der Waals surface area contributed by atoms with E-state index in [0.29, 0.717) is 29.2 Å². The molecule has 0 fully saturated rings. The van der Waals surface area contributed by atoms with Gasteiger partial charge in [0, 0.05) is 16.8 Å². The summed E-state index contributed by atoms with van der Waals surface area (Å²) < 4.78 is 18.5. The number of nitrogens with one attached hydrogen (secondary N) is 2. The summed E-state index contributed by atoms with van der Waals surface area (Å²) in [6, 6.07) is 4.61. The fraction of sp³-hybridized carbons (Fsp3) is 0.333. The van der Waals surface area contributed by atoms with E-state index in [1.165, 1.54) is 12.1 Å². The Bertz CT molecular complexity index is 538. The monoisotopic (exact) mass is 284 g/mol. The molecule has 0 aliphatic heterocycles. The topological polar surface area (TPSA) is 63.0 Å². The van der Waals surface area contributed by atoms with E-state index in [0.717, 1.165) is 0 Å². The van der Waals surface area contributed by atoms with Gasteiger partial charge >= 0.3 is 6.01 Å². The number of benzene rings is 1. The van der Waals surface area contributed by atoms with Crippen LogP contribution in [0.2, 0.25) is 5.02 Å². The van der Waals surface area contributed by atoms with Crippen molar-refractivity contribution in [1.82, 2.24) is 15.5 Å². The van der Waals surface area contributed by atoms with Crippen molar-refractivity contribution < 1.29 is 8.81 Å². The highest BCUT2D eigenvalue weighted by Gasteiger charge is 2.07. The Balaban J connectivity index is 2.03. The van der Waals surface area contributed by atoms with Crippen LogP contribution in [0.15, 0.2) is 22.6 Å². The summed E-state index contributed by atoms with van der Waals surface area (Å²) in [5.74, 6) is 0.0231. The van der Waals surface area contributed by atoms with Crippen LogP contribution in [0, 0.1) is 5.82 Å². The van der Waals surface area contributed by atoms with Gasteiger partial charge in [-0.15, -0.1) is 5.10 Å². The maximum atomic E-state index is 13.1. The van der Waals surface area contributed by atoms with Crippen molar-refractivity contribution in [3.8, 4) is 0 Å². The van der Waals surface area contributed by atoms with Crippen LogP contribution in [0.1, 0.15) is 19.7 Å². The fourth-order valence-corrected chi connectivity index (χ4v) is 1.64. The molecular weight excluding hydrogens is 271 g/mol. The summed E-state index contributed by atoms with van der Waals surface area (Å²) in [6.07, 6.45) is 0. The minimum Gasteiger partial charge on any atom is -0.406 e. The molecule has 102 valence electrons. The van der Waals surface area contributed by atoms with E-state index < -0.39 is 5.82 Å². The van der Waals surface area contributed by atoms with Gasteiger partial charge in [-0.3, -0.25) is 0 Å². The number of hydrogen-bond acceptors (Lipinski definition) is 5. The van der Waals surface area contributed by atoms with E-state index in [-0.39, 0.29) is 6.01 Å². The Morgan fingerprint density at radius 3 is 2.79 bits per heavy atom. The second-order valence-electron chi connectivity index (χ2n) is 4.32. The molecule has 2 rings (SSSR count). The Labute approximate surface area is 115 Å². The standard InChI is InChI=1S/C12H14ClFN4O/c1-7(2)15-6-11-17-18-12(19-11)16-10-4-8(13)3-9(14)5-10/h3-5,7,15H,6H2,1-2H3,(H,16,18). The molecule has 0 atom stereocenters. The molecule has 1 aromatic heterocycles. The highest BCUT2D eigenvalue weighted by molar-refractivity contribution is 6.30. The van der Waals surface area contributed by atoms with Crippen molar-refractivity contribution in [2.24, 2.45) is 0 Å². The molecule has 1 heterocycles. The van der Waals surface area contributed by atoms with Crippen molar-refractivity contribution in [1.29, 1.82) is 0 Å². The first-order valence-corrected chi connectivity index (χ1v) is 6.19. The summed E-state index contributed by atoms with van der Waals surface area (Å²) in [5.41, 5.74) is 0.456. The average molecular weight is 285 g/mol. The third kappa shape index (κ3) is 4.18. The zero-order chi connectivity index (χ0) is 13.8. The van der Waals surface area contributed by atoms with E-state index in [1.807, 2.05) is 13.8 Å². The van der Waals surface area contributed by atoms with E-state index in [4.69, 9.17) is 16.0 Å². The molecule has 0 saturated heterocycles. The highest BCUT2D eigenvalue weighted by Crippen LogP contribution is 2.21. The lowest BCUT2D eigenvalue weighted by atomic mass is 10.3. The normalized spacial score (nSPS) is 11.0. The molecule has 0 radical (unpaired) electrons. The van der Waals surface area contributed by atoms with Crippen molar-refractivity contribution >= 4 is 23.3 Å². The molecule has 5 nitrogen and oxygen atoms in total. The zero-order valence-corrected chi connectivity index (χ0v) is 11.3. The van der Waals surface area contributed by atoms with Crippen LogP contribution in [0.5, 0.6) is 0 Å². The molecule has 0 spiro atoms. The van der Waals surface area contributed by atoms with Crippen LogP contribution in [0.4, 0.5) is 16.1 Å². The van der Waals surface area contributed by atoms with Gasteiger partial charge in [-0.05, 0) is 18.2 Å². The molecule has 7 heteroatoms. The lowest BCUT2D eigenvalue weighted by molar-refractivity contribution is 0.460. The molecule has 0 saturated carbocycles. The van der Waals surface area contributed by atoms with Gasteiger partial charge in [0.1, 0.15) is 5.82 Å². The second-order valence-corrected chi connectivity index (χ2v) is 4.76. The van der Waals surface area contributed by atoms with Crippen LogP contribution < -0.4 is 10.6 Å². The van der Waals surface area contributed by atoms with Crippen LogP contribution in [-0.4, -0.2) is 16.2 Å². The lowest BCUT2D eigenvalue weighted by Gasteiger charge is -2.04. The minimum atomic E-state index is -0.434. The quantitative estimate of drug-likeness (QED) is 0.883. The summed E-state index contributed by atoms with van der Waals surface area (Å²) >= 11 is 5.75. The van der Waals surface area contributed by atoms with Crippen LogP contribution in [0.3, 0.4) is 0 Å². The van der Waals surface area contributed by atoms with E-state index in [9.17, 15) is 4.39 Å². The second kappa shape index (κ2) is 5.99. The van der Waals surface area contributed by atoms with Gasteiger partial charge in [0.15, 0.2) is 0 Å². The summed E-state index contributed by atoms with van der Waals surface area (Å²) in [5, 5.41) is 13.9. The van der Waals surface area contributed by atoms with Gasteiger partial charge in [0.25, 0.3) is 0 Å². The number of rotatable bonds is 5. The van der Waals surface area contributed by atoms with Crippen molar-refractivity contribution in [3.05, 3.63) is 34.9 Å².